The van der Waals surface area contributed by atoms with Crippen LogP contribution in [0.25, 0.3) is 0 Å². The van der Waals surface area contributed by atoms with Crippen molar-refractivity contribution in [1.29, 1.82) is 0 Å². The number of rotatable bonds is 7. The zero-order valence-electron chi connectivity index (χ0n) is 11.4. The summed E-state index contributed by atoms with van der Waals surface area (Å²) in [6, 6.07) is 0. The third kappa shape index (κ3) is 4.13. The van der Waals surface area contributed by atoms with Crippen molar-refractivity contribution in [1.82, 2.24) is 15.1 Å². The van der Waals surface area contributed by atoms with E-state index >= 15 is 0 Å². The van der Waals surface area contributed by atoms with Crippen LogP contribution in [-0.2, 0) is 12.6 Å². The molecule has 4 heteroatoms. The van der Waals surface area contributed by atoms with E-state index in [1.165, 1.54) is 12.8 Å². The van der Waals surface area contributed by atoms with Crippen LogP contribution < -0.4 is 5.32 Å². The first-order valence-corrected chi connectivity index (χ1v) is 6.41. The molecule has 2 N–H and O–H groups in total. The van der Waals surface area contributed by atoms with E-state index in [4.69, 9.17) is 0 Å². The first-order chi connectivity index (χ1) is 7.99. The van der Waals surface area contributed by atoms with E-state index in [0.717, 1.165) is 12.1 Å². The fraction of sp³-hybridized carbons (Fsp3) is 0.769. The zero-order valence-corrected chi connectivity index (χ0v) is 11.4. The van der Waals surface area contributed by atoms with Gasteiger partial charge in [-0.15, -0.1) is 0 Å². The third-order valence-corrected chi connectivity index (χ3v) is 3.38. The van der Waals surface area contributed by atoms with Crippen LogP contribution in [0.15, 0.2) is 12.4 Å². The molecular formula is C13H25N3O. The average Bonchev–Trinajstić information content (AvgIpc) is 2.72. The van der Waals surface area contributed by atoms with Gasteiger partial charge in [-0.25, -0.2) is 0 Å². The predicted molar refractivity (Wildman–Crippen MR) is 69.7 cm³/mol. The smallest absolute Gasteiger partial charge is 0.102 e. The van der Waals surface area contributed by atoms with Crippen molar-refractivity contribution in [2.75, 3.05) is 13.1 Å². The second-order valence-corrected chi connectivity index (χ2v) is 4.99. The van der Waals surface area contributed by atoms with Crippen molar-refractivity contribution in [3.8, 4) is 0 Å². The molecular weight excluding hydrogens is 214 g/mol. The fourth-order valence-corrected chi connectivity index (χ4v) is 1.90. The van der Waals surface area contributed by atoms with Crippen LogP contribution in [0, 0.1) is 5.92 Å². The van der Waals surface area contributed by atoms with E-state index in [1.807, 2.05) is 20.2 Å². The molecule has 0 saturated heterocycles. The van der Waals surface area contributed by atoms with Gasteiger partial charge in [0.25, 0.3) is 0 Å². The van der Waals surface area contributed by atoms with Gasteiger partial charge < -0.3 is 10.4 Å². The number of hydrogen-bond donors (Lipinski definition) is 2. The van der Waals surface area contributed by atoms with Crippen molar-refractivity contribution >= 4 is 0 Å². The number of hydrogen-bond acceptors (Lipinski definition) is 3. The zero-order chi connectivity index (χ0) is 12.9. The maximum absolute atomic E-state index is 10.3. The van der Waals surface area contributed by atoms with Gasteiger partial charge in [-0.3, -0.25) is 4.68 Å². The highest BCUT2D eigenvalue weighted by molar-refractivity contribution is 5.14. The average molecular weight is 239 g/mol. The summed E-state index contributed by atoms with van der Waals surface area (Å²) >= 11 is 0. The van der Waals surface area contributed by atoms with E-state index in [0.29, 0.717) is 12.5 Å². The second kappa shape index (κ2) is 6.17. The van der Waals surface area contributed by atoms with Gasteiger partial charge in [-0.05, 0) is 19.4 Å². The fourth-order valence-electron chi connectivity index (χ4n) is 1.90. The minimum atomic E-state index is -0.847. The SMILES string of the molecule is CCC(CC)CNC[C@](C)(O)c1cnn(C)c1. The molecule has 0 spiro atoms. The molecule has 0 radical (unpaired) electrons. The summed E-state index contributed by atoms with van der Waals surface area (Å²) in [5.74, 6) is 0.694. The third-order valence-electron chi connectivity index (χ3n) is 3.38. The summed E-state index contributed by atoms with van der Waals surface area (Å²) in [7, 11) is 1.86. The molecule has 4 nitrogen and oxygen atoms in total. The van der Waals surface area contributed by atoms with E-state index in [2.05, 4.69) is 24.3 Å². The Hall–Kier alpha value is -0.870. The van der Waals surface area contributed by atoms with Gasteiger partial charge in [0.15, 0.2) is 0 Å². The summed E-state index contributed by atoms with van der Waals surface area (Å²) in [6.07, 6.45) is 5.94. The van der Waals surface area contributed by atoms with E-state index < -0.39 is 5.60 Å². The number of aromatic nitrogens is 2. The summed E-state index contributed by atoms with van der Waals surface area (Å²) in [5.41, 5.74) is 0.0114. The summed E-state index contributed by atoms with van der Waals surface area (Å²) in [4.78, 5) is 0. The Kier molecular flexibility index (Phi) is 5.15. The Morgan fingerprint density at radius 1 is 1.47 bits per heavy atom. The molecule has 0 aliphatic rings. The Bertz CT molecular complexity index is 329. The van der Waals surface area contributed by atoms with Crippen LogP contribution in [0.3, 0.4) is 0 Å². The first kappa shape index (κ1) is 14.2. The van der Waals surface area contributed by atoms with Gasteiger partial charge in [0, 0.05) is 25.4 Å². The monoisotopic (exact) mass is 239 g/mol. The lowest BCUT2D eigenvalue weighted by Crippen LogP contribution is -2.37. The minimum absolute atomic E-state index is 0.565. The minimum Gasteiger partial charge on any atom is -0.384 e. The molecule has 0 aliphatic heterocycles. The summed E-state index contributed by atoms with van der Waals surface area (Å²) in [6.45, 7) is 7.76. The second-order valence-electron chi connectivity index (χ2n) is 4.99. The van der Waals surface area contributed by atoms with Crippen LogP contribution in [-0.4, -0.2) is 28.0 Å². The van der Waals surface area contributed by atoms with Crippen LogP contribution in [0.5, 0.6) is 0 Å². The quantitative estimate of drug-likeness (QED) is 0.760. The van der Waals surface area contributed by atoms with Gasteiger partial charge in [0.2, 0.25) is 0 Å². The largest absolute Gasteiger partial charge is 0.384 e. The van der Waals surface area contributed by atoms with Gasteiger partial charge in [-0.2, -0.15) is 5.10 Å². The van der Waals surface area contributed by atoms with Gasteiger partial charge >= 0.3 is 0 Å². The molecule has 1 atom stereocenters. The summed E-state index contributed by atoms with van der Waals surface area (Å²) < 4.78 is 1.71. The van der Waals surface area contributed by atoms with Crippen LogP contribution >= 0.6 is 0 Å². The van der Waals surface area contributed by atoms with Crippen molar-refractivity contribution in [3.05, 3.63) is 18.0 Å². The van der Waals surface area contributed by atoms with E-state index in [-0.39, 0.29) is 0 Å². The molecule has 1 aromatic rings. The van der Waals surface area contributed by atoms with Crippen molar-refractivity contribution < 1.29 is 5.11 Å². The summed E-state index contributed by atoms with van der Waals surface area (Å²) in [5, 5.41) is 17.8. The van der Waals surface area contributed by atoms with Gasteiger partial charge in [-0.1, -0.05) is 26.7 Å². The standard InChI is InChI=1S/C13H25N3O/c1-5-11(6-2)7-14-10-13(3,17)12-8-15-16(4)9-12/h8-9,11,14,17H,5-7,10H2,1-4H3/t13-/m0/s1. The van der Waals surface area contributed by atoms with Crippen LogP contribution in [0.4, 0.5) is 0 Å². The lowest BCUT2D eigenvalue weighted by Gasteiger charge is -2.24. The molecule has 17 heavy (non-hydrogen) atoms. The number of nitrogens with one attached hydrogen (secondary N) is 1. The normalized spacial score (nSPS) is 15.2. The van der Waals surface area contributed by atoms with Crippen LogP contribution in [0.1, 0.15) is 39.2 Å². The van der Waals surface area contributed by atoms with Crippen molar-refractivity contribution in [3.63, 3.8) is 0 Å². The Morgan fingerprint density at radius 2 is 2.12 bits per heavy atom. The van der Waals surface area contributed by atoms with Crippen LogP contribution in [0.2, 0.25) is 0 Å². The number of nitrogens with zero attached hydrogens (tertiary/aromatic N) is 2. The predicted octanol–water partition coefficient (Wildman–Crippen LogP) is 1.65. The van der Waals surface area contributed by atoms with Gasteiger partial charge in [0.05, 0.1) is 6.20 Å². The van der Waals surface area contributed by atoms with Gasteiger partial charge in [0.1, 0.15) is 5.60 Å². The lowest BCUT2D eigenvalue weighted by atomic mass is 9.98. The molecule has 0 aromatic carbocycles. The highest BCUT2D eigenvalue weighted by atomic mass is 16.3. The highest BCUT2D eigenvalue weighted by Crippen LogP contribution is 2.18. The molecule has 0 amide bonds. The Morgan fingerprint density at radius 3 is 2.59 bits per heavy atom. The molecule has 0 fully saturated rings. The molecule has 0 unspecified atom stereocenters. The maximum Gasteiger partial charge on any atom is 0.102 e. The number of aryl methyl sites for hydroxylation is 1. The lowest BCUT2D eigenvalue weighted by molar-refractivity contribution is 0.0558. The molecule has 0 saturated carbocycles. The first-order valence-electron chi connectivity index (χ1n) is 6.41. The Labute approximate surface area is 104 Å². The van der Waals surface area contributed by atoms with E-state index in [1.54, 1.807) is 10.9 Å². The molecule has 1 rings (SSSR count). The van der Waals surface area contributed by atoms with Crippen molar-refractivity contribution in [2.45, 2.75) is 39.2 Å². The maximum atomic E-state index is 10.3. The Balaban J connectivity index is 2.44. The molecule has 98 valence electrons. The van der Waals surface area contributed by atoms with E-state index in [9.17, 15) is 5.11 Å². The number of aliphatic hydroxyl groups is 1. The highest BCUT2D eigenvalue weighted by Gasteiger charge is 2.24. The topological polar surface area (TPSA) is 50.1 Å². The molecule has 1 heterocycles. The van der Waals surface area contributed by atoms with Crippen molar-refractivity contribution in [2.24, 2.45) is 13.0 Å². The molecule has 0 aliphatic carbocycles. The molecule has 0 bridgehead atoms. The molecule has 1 aromatic heterocycles.